The van der Waals surface area contributed by atoms with Gasteiger partial charge in [0.1, 0.15) is 5.75 Å². The van der Waals surface area contributed by atoms with Crippen LogP contribution in [0.4, 0.5) is 5.69 Å². The van der Waals surface area contributed by atoms with Gasteiger partial charge in [-0.15, -0.1) is 0 Å². The molecule has 5 N–H and O–H groups in total. The lowest BCUT2D eigenvalue weighted by Gasteiger charge is -2.36. The number of aliphatic hydroxyl groups excluding tert-OH is 2. The Kier molecular flexibility index (Phi) is 9.81. The van der Waals surface area contributed by atoms with Gasteiger partial charge in [-0.1, -0.05) is 79.6 Å². The van der Waals surface area contributed by atoms with Crippen LogP contribution in [0, 0.1) is 17.8 Å². The number of hydrogen-bond donors (Lipinski definition) is 5. The molecular formula is C35H38BNO7. The second-order valence-electron chi connectivity index (χ2n) is 11.6. The summed E-state index contributed by atoms with van der Waals surface area (Å²) in [5.41, 5.74) is 4.72. The van der Waals surface area contributed by atoms with Crippen molar-refractivity contribution in [2.45, 2.75) is 45.1 Å². The Morgan fingerprint density at radius 1 is 1.00 bits per heavy atom. The van der Waals surface area contributed by atoms with E-state index in [1.165, 1.54) is 12.1 Å². The molecule has 1 heterocycles. The van der Waals surface area contributed by atoms with Gasteiger partial charge in [0.15, 0.2) is 0 Å². The third-order valence-corrected chi connectivity index (χ3v) is 8.76. The number of phenols is 1. The molecule has 1 fully saturated rings. The average Bonchev–Trinajstić information content (AvgIpc) is 3.27. The molecule has 3 aromatic carbocycles. The lowest BCUT2D eigenvalue weighted by atomic mass is 9.67. The number of imide groups is 1. The van der Waals surface area contributed by atoms with Gasteiger partial charge in [-0.3, -0.25) is 14.5 Å². The van der Waals surface area contributed by atoms with Crippen molar-refractivity contribution in [3.05, 3.63) is 101 Å². The lowest BCUT2D eigenvalue weighted by molar-refractivity contribution is -0.123. The third-order valence-electron chi connectivity index (χ3n) is 8.76. The zero-order chi connectivity index (χ0) is 31.4. The van der Waals surface area contributed by atoms with Crippen LogP contribution in [0.2, 0.25) is 0 Å². The standard InChI is InChI=1S/C35H38BNO7/c1-2-8-25-19-29-33(35(42)37(34(29)41)27-13-7-12-26(20-27)36(43)44)30(21-38)32(25)31(40)16-15-24(23-10-4-3-5-11-23)17-22-9-6-14-28(39)18-22/h3-7,9-14,17-18,20,29-31,33,38-40,43-44H,2,8,15-16,19,21H2,1H3/b24-17-/t29-,30+,31-,33-/m1/s1. The van der Waals surface area contributed by atoms with E-state index in [0.29, 0.717) is 31.3 Å². The molecule has 2 aliphatic rings. The number of fused-ring (bicyclic) bond motifs is 1. The minimum Gasteiger partial charge on any atom is -0.508 e. The second-order valence-corrected chi connectivity index (χ2v) is 11.6. The average molecular weight is 596 g/mol. The Morgan fingerprint density at radius 3 is 2.43 bits per heavy atom. The van der Waals surface area contributed by atoms with Crippen LogP contribution in [0.1, 0.15) is 50.2 Å². The first-order chi connectivity index (χ1) is 21.2. The lowest BCUT2D eigenvalue weighted by Crippen LogP contribution is -2.39. The van der Waals surface area contributed by atoms with Crippen LogP contribution in [-0.4, -0.2) is 57.0 Å². The predicted octanol–water partition coefficient (Wildman–Crippen LogP) is 3.67. The summed E-state index contributed by atoms with van der Waals surface area (Å²) in [5.74, 6) is -2.92. The second kappa shape index (κ2) is 13.7. The van der Waals surface area contributed by atoms with Crippen molar-refractivity contribution in [1.82, 2.24) is 0 Å². The number of aliphatic hydroxyl groups is 2. The van der Waals surface area contributed by atoms with Crippen molar-refractivity contribution >= 4 is 41.7 Å². The summed E-state index contributed by atoms with van der Waals surface area (Å²) in [4.78, 5) is 28.6. The minimum atomic E-state index is -1.75. The van der Waals surface area contributed by atoms with Crippen LogP contribution in [-0.2, 0) is 9.59 Å². The van der Waals surface area contributed by atoms with Gasteiger partial charge in [0.25, 0.3) is 0 Å². The summed E-state index contributed by atoms with van der Waals surface area (Å²) in [7, 11) is -1.75. The molecular weight excluding hydrogens is 557 g/mol. The van der Waals surface area contributed by atoms with Gasteiger partial charge >= 0.3 is 7.12 Å². The first-order valence-corrected chi connectivity index (χ1v) is 15.1. The fourth-order valence-corrected chi connectivity index (χ4v) is 6.79. The molecule has 0 aromatic heterocycles. The molecule has 9 heteroatoms. The summed E-state index contributed by atoms with van der Waals surface area (Å²) in [6, 6.07) is 22.8. The molecule has 1 aliphatic carbocycles. The van der Waals surface area contributed by atoms with E-state index in [9.17, 15) is 35.0 Å². The summed E-state index contributed by atoms with van der Waals surface area (Å²) in [6.07, 6.45) is 3.58. The number of carbonyl (C=O) groups excluding carboxylic acids is 2. The van der Waals surface area contributed by atoms with Crippen molar-refractivity contribution in [2.75, 3.05) is 11.5 Å². The van der Waals surface area contributed by atoms with E-state index < -0.39 is 43.5 Å². The highest BCUT2D eigenvalue weighted by atomic mass is 16.4. The molecule has 4 atom stereocenters. The van der Waals surface area contributed by atoms with Crippen molar-refractivity contribution in [3.8, 4) is 5.75 Å². The molecule has 1 saturated heterocycles. The molecule has 44 heavy (non-hydrogen) atoms. The number of aromatic hydroxyl groups is 1. The number of phenolic OH excluding ortho intramolecular Hbond substituents is 1. The maximum Gasteiger partial charge on any atom is 0.488 e. The van der Waals surface area contributed by atoms with Gasteiger partial charge in [-0.05, 0) is 77.7 Å². The van der Waals surface area contributed by atoms with Crippen molar-refractivity contribution in [2.24, 2.45) is 17.8 Å². The minimum absolute atomic E-state index is 0.158. The van der Waals surface area contributed by atoms with Gasteiger partial charge in [-0.2, -0.15) is 0 Å². The molecule has 0 radical (unpaired) electrons. The van der Waals surface area contributed by atoms with E-state index >= 15 is 0 Å². The molecule has 0 saturated carbocycles. The monoisotopic (exact) mass is 595 g/mol. The topological polar surface area (TPSA) is 139 Å². The molecule has 228 valence electrons. The molecule has 0 spiro atoms. The SMILES string of the molecule is CCCC1=C([C@H](O)CC/C(=C/c2cccc(O)c2)c2ccccc2)[C@H](CO)[C@@H]2C(=O)N(c3cccc(B(O)O)c3)C(=O)[C@@H]2C1. The fraction of sp³-hybridized carbons (Fsp3) is 0.314. The van der Waals surface area contributed by atoms with Gasteiger partial charge < -0.3 is 25.4 Å². The number of amides is 2. The van der Waals surface area contributed by atoms with E-state index in [1.807, 2.05) is 49.4 Å². The molecule has 2 amide bonds. The van der Waals surface area contributed by atoms with E-state index in [0.717, 1.165) is 33.6 Å². The van der Waals surface area contributed by atoms with Gasteiger partial charge in [0.2, 0.25) is 11.8 Å². The highest BCUT2D eigenvalue weighted by molar-refractivity contribution is 6.58. The molecule has 0 unspecified atom stereocenters. The summed E-state index contributed by atoms with van der Waals surface area (Å²) in [6.45, 7) is 1.62. The predicted molar refractivity (Wildman–Crippen MR) is 171 cm³/mol. The Morgan fingerprint density at radius 2 is 1.75 bits per heavy atom. The quantitative estimate of drug-likeness (QED) is 0.0987. The number of anilines is 1. The third kappa shape index (κ3) is 6.42. The summed E-state index contributed by atoms with van der Waals surface area (Å²) in [5, 5.41) is 51.7. The molecule has 3 aromatic rings. The van der Waals surface area contributed by atoms with Crippen LogP contribution in [0.3, 0.4) is 0 Å². The zero-order valence-corrected chi connectivity index (χ0v) is 24.7. The number of rotatable bonds is 11. The molecule has 8 nitrogen and oxygen atoms in total. The van der Waals surface area contributed by atoms with E-state index in [1.54, 1.807) is 30.3 Å². The van der Waals surface area contributed by atoms with Crippen LogP contribution in [0.15, 0.2) is 90.0 Å². The van der Waals surface area contributed by atoms with Gasteiger partial charge in [-0.25, -0.2) is 0 Å². The molecule has 1 aliphatic heterocycles. The largest absolute Gasteiger partial charge is 0.508 e. The maximum absolute atomic E-state index is 13.9. The first-order valence-electron chi connectivity index (χ1n) is 15.1. The smallest absolute Gasteiger partial charge is 0.488 e. The van der Waals surface area contributed by atoms with Crippen molar-refractivity contribution in [3.63, 3.8) is 0 Å². The highest BCUT2D eigenvalue weighted by Crippen LogP contribution is 2.48. The number of allylic oxidation sites excluding steroid dienone is 2. The Balaban J connectivity index is 1.45. The zero-order valence-electron chi connectivity index (χ0n) is 24.7. The molecule has 5 rings (SSSR count). The Labute approximate surface area is 257 Å². The van der Waals surface area contributed by atoms with Gasteiger partial charge in [0.05, 0.1) is 30.2 Å². The maximum atomic E-state index is 13.9. The van der Waals surface area contributed by atoms with Crippen LogP contribution in [0.25, 0.3) is 11.6 Å². The normalized spacial score (nSPS) is 21.1. The van der Waals surface area contributed by atoms with Crippen LogP contribution < -0.4 is 10.4 Å². The Hall–Kier alpha value is -4.02. The fourth-order valence-electron chi connectivity index (χ4n) is 6.79. The highest BCUT2D eigenvalue weighted by Gasteiger charge is 2.55. The Bertz CT molecular complexity index is 1570. The van der Waals surface area contributed by atoms with Crippen LogP contribution >= 0.6 is 0 Å². The van der Waals surface area contributed by atoms with E-state index in [2.05, 4.69) is 0 Å². The van der Waals surface area contributed by atoms with Crippen molar-refractivity contribution in [1.29, 1.82) is 0 Å². The number of carbonyl (C=O) groups is 2. The summed E-state index contributed by atoms with van der Waals surface area (Å²) < 4.78 is 0. The number of nitrogens with zero attached hydrogens (tertiary/aromatic N) is 1. The van der Waals surface area contributed by atoms with Gasteiger partial charge in [0, 0.05) is 5.92 Å². The molecule has 0 bridgehead atoms. The summed E-state index contributed by atoms with van der Waals surface area (Å²) >= 11 is 0. The van der Waals surface area contributed by atoms with E-state index in [4.69, 9.17) is 0 Å². The number of hydrogen-bond acceptors (Lipinski definition) is 7. The first kappa shape index (κ1) is 31.4. The number of benzene rings is 3. The van der Waals surface area contributed by atoms with Crippen LogP contribution in [0.5, 0.6) is 5.75 Å². The van der Waals surface area contributed by atoms with Crippen molar-refractivity contribution < 1.29 is 35.0 Å². The van der Waals surface area contributed by atoms with E-state index in [-0.39, 0.29) is 22.8 Å².